The molecule has 0 atom stereocenters. The lowest BCUT2D eigenvalue weighted by atomic mass is 10.3. The molecule has 6 nitrogen and oxygen atoms in total. The number of ether oxygens (including phenoxy) is 1. The van der Waals surface area contributed by atoms with Gasteiger partial charge >= 0.3 is 0 Å². The van der Waals surface area contributed by atoms with Gasteiger partial charge in [-0.3, -0.25) is 9.59 Å². The predicted octanol–water partition coefficient (Wildman–Crippen LogP) is 1.56. The summed E-state index contributed by atoms with van der Waals surface area (Å²) < 4.78 is 5.42. The first-order chi connectivity index (χ1) is 9.56. The molecule has 8 heteroatoms. The van der Waals surface area contributed by atoms with Crippen LogP contribution in [0.2, 0.25) is 5.02 Å². The van der Waals surface area contributed by atoms with Crippen molar-refractivity contribution >= 4 is 41.5 Å². The van der Waals surface area contributed by atoms with Crippen LogP contribution in [-0.2, 0) is 9.59 Å². The maximum absolute atomic E-state index is 11.6. The number of anilines is 1. The zero-order valence-electron chi connectivity index (χ0n) is 11.6. The topological polar surface area (TPSA) is 93.5 Å². The van der Waals surface area contributed by atoms with E-state index < -0.39 is 0 Å². The highest BCUT2D eigenvalue weighted by Gasteiger charge is 2.07. The van der Waals surface area contributed by atoms with Gasteiger partial charge in [0.15, 0.2) is 0 Å². The molecule has 1 aromatic carbocycles. The zero-order valence-corrected chi connectivity index (χ0v) is 13.2. The summed E-state index contributed by atoms with van der Waals surface area (Å²) in [4.78, 5) is 22.5. The Hall–Kier alpha value is -1.50. The van der Waals surface area contributed by atoms with Gasteiger partial charge in [0, 0.05) is 5.69 Å². The van der Waals surface area contributed by atoms with Gasteiger partial charge in [0.05, 0.1) is 24.7 Å². The number of amides is 2. The molecule has 118 valence electrons. The Bertz CT molecular complexity index is 484. The highest BCUT2D eigenvalue weighted by atomic mass is 35.5. The summed E-state index contributed by atoms with van der Waals surface area (Å²) in [5.74, 6) is -0.172. The van der Waals surface area contributed by atoms with Crippen molar-refractivity contribution in [3.8, 4) is 5.75 Å². The van der Waals surface area contributed by atoms with Crippen molar-refractivity contribution < 1.29 is 14.3 Å². The first kappa shape index (κ1) is 19.5. The number of carbonyl (C=O) groups excluding carboxylic acids is 2. The minimum Gasteiger partial charge on any atom is -0.492 e. The van der Waals surface area contributed by atoms with Crippen molar-refractivity contribution in [2.75, 3.05) is 25.0 Å². The lowest BCUT2D eigenvalue weighted by molar-refractivity contribution is -0.123. The molecule has 0 saturated carbocycles. The molecule has 0 aliphatic rings. The van der Waals surface area contributed by atoms with Crippen LogP contribution in [0, 0.1) is 0 Å². The monoisotopic (exact) mass is 335 g/mol. The normalized spacial score (nSPS) is 9.48. The molecular formula is C13H19Cl2N3O3. The second-order valence-electron chi connectivity index (χ2n) is 4.02. The molecule has 2 amide bonds. The third kappa shape index (κ3) is 7.17. The molecule has 0 aliphatic heterocycles. The Morgan fingerprint density at radius 2 is 2.05 bits per heavy atom. The second-order valence-corrected chi connectivity index (χ2v) is 4.43. The van der Waals surface area contributed by atoms with Crippen LogP contribution in [0.15, 0.2) is 18.2 Å². The minimum absolute atomic E-state index is 0. The summed E-state index contributed by atoms with van der Waals surface area (Å²) in [5, 5.41) is 5.40. The highest BCUT2D eigenvalue weighted by molar-refractivity contribution is 6.32. The number of rotatable bonds is 7. The van der Waals surface area contributed by atoms with E-state index in [1.54, 1.807) is 18.2 Å². The number of benzene rings is 1. The average Bonchev–Trinajstić information content (AvgIpc) is 2.44. The summed E-state index contributed by atoms with van der Waals surface area (Å²) in [7, 11) is 0. The SMILES string of the molecule is CCCOc1ccc(NC(=O)CNC(=O)CN)cc1Cl.Cl. The highest BCUT2D eigenvalue weighted by Crippen LogP contribution is 2.27. The van der Waals surface area contributed by atoms with Gasteiger partial charge in [0.25, 0.3) is 0 Å². The predicted molar refractivity (Wildman–Crippen MR) is 85.2 cm³/mol. The third-order valence-electron chi connectivity index (χ3n) is 2.31. The van der Waals surface area contributed by atoms with Gasteiger partial charge in [-0.15, -0.1) is 12.4 Å². The lowest BCUT2D eigenvalue weighted by Crippen LogP contribution is -2.36. The number of halogens is 2. The van der Waals surface area contributed by atoms with E-state index in [2.05, 4.69) is 10.6 Å². The minimum atomic E-state index is -0.388. The fourth-order valence-electron chi connectivity index (χ4n) is 1.36. The molecule has 0 unspecified atom stereocenters. The fraction of sp³-hybridized carbons (Fsp3) is 0.385. The molecular weight excluding hydrogens is 317 g/mol. The van der Waals surface area contributed by atoms with E-state index in [0.717, 1.165) is 6.42 Å². The molecule has 0 saturated heterocycles. The number of nitrogens with one attached hydrogen (secondary N) is 2. The van der Waals surface area contributed by atoms with Gasteiger partial charge in [-0.2, -0.15) is 0 Å². The van der Waals surface area contributed by atoms with Gasteiger partial charge in [0.1, 0.15) is 5.75 Å². The molecule has 0 spiro atoms. The Morgan fingerprint density at radius 1 is 1.33 bits per heavy atom. The van der Waals surface area contributed by atoms with E-state index in [-0.39, 0.29) is 37.3 Å². The van der Waals surface area contributed by atoms with E-state index >= 15 is 0 Å². The van der Waals surface area contributed by atoms with E-state index in [9.17, 15) is 9.59 Å². The van der Waals surface area contributed by atoms with E-state index in [1.165, 1.54) is 0 Å². The quantitative estimate of drug-likeness (QED) is 0.704. The van der Waals surface area contributed by atoms with Crippen LogP contribution < -0.4 is 21.1 Å². The maximum atomic E-state index is 11.6. The molecule has 1 rings (SSSR count). The largest absolute Gasteiger partial charge is 0.492 e. The number of hydrogen-bond acceptors (Lipinski definition) is 4. The molecule has 0 aliphatic carbocycles. The maximum Gasteiger partial charge on any atom is 0.243 e. The Labute approximate surface area is 134 Å². The van der Waals surface area contributed by atoms with Crippen LogP contribution in [0.1, 0.15) is 13.3 Å². The van der Waals surface area contributed by atoms with Crippen molar-refractivity contribution in [3.63, 3.8) is 0 Å². The lowest BCUT2D eigenvalue weighted by Gasteiger charge is -2.10. The van der Waals surface area contributed by atoms with Crippen molar-refractivity contribution in [2.24, 2.45) is 5.73 Å². The standard InChI is InChI=1S/C13H18ClN3O3.ClH/c1-2-5-20-11-4-3-9(6-10(11)14)17-13(19)8-16-12(18)7-15;/h3-4,6H,2,5,7-8,15H2,1H3,(H,16,18)(H,17,19);1H. The van der Waals surface area contributed by atoms with Gasteiger partial charge in [-0.25, -0.2) is 0 Å². The van der Waals surface area contributed by atoms with E-state index in [0.29, 0.717) is 23.1 Å². The molecule has 1 aromatic rings. The van der Waals surface area contributed by atoms with Gasteiger partial charge in [0.2, 0.25) is 11.8 Å². The van der Waals surface area contributed by atoms with Crippen LogP contribution in [0.4, 0.5) is 5.69 Å². The summed E-state index contributed by atoms with van der Waals surface area (Å²) in [6, 6.07) is 4.96. The van der Waals surface area contributed by atoms with Crippen LogP contribution in [-0.4, -0.2) is 31.5 Å². The number of nitrogens with two attached hydrogens (primary N) is 1. The Kier molecular flexibility index (Phi) is 9.53. The van der Waals surface area contributed by atoms with Crippen LogP contribution in [0.25, 0.3) is 0 Å². The van der Waals surface area contributed by atoms with Crippen LogP contribution in [0.5, 0.6) is 5.75 Å². The van der Waals surface area contributed by atoms with Crippen LogP contribution >= 0.6 is 24.0 Å². The molecule has 4 N–H and O–H groups in total. The average molecular weight is 336 g/mol. The van der Waals surface area contributed by atoms with Crippen molar-refractivity contribution in [1.29, 1.82) is 0 Å². The molecule has 0 aromatic heterocycles. The molecule has 0 radical (unpaired) electrons. The van der Waals surface area contributed by atoms with E-state index in [4.69, 9.17) is 22.1 Å². The Balaban J connectivity index is 0.00000400. The van der Waals surface area contributed by atoms with Crippen molar-refractivity contribution in [2.45, 2.75) is 13.3 Å². The van der Waals surface area contributed by atoms with Gasteiger partial charge in [-0.05, 0) is 24.6 Å². The summed E-state index contributed by atoms with van der Waals surface area (Å²) in [6.07, 6.45) is 0.885. The van der Waals surface area contributed by atoms with E-state index in [1.807, 2.05) is 6.92 Å². The molecule has 0 fully saturated rings. The first-order valence-corrected chi connectivity index (χ1v) is 6.63. The van der Waals surface area contributed by atoms with Crippen LogP contribution in [0.3, 0.4) is 0 Å². The summed E-state index contributed by atoms with van der Waals surface area (Å²) >= 11 is 6.04. The summed E-state index contributed by atoms with van der Waals surface area (Å²) in [5.41, 5.74) is 5.65. The molecule has 21 heavy (non-hydrogen) atoms. The van der Waals surface area contributed by atoms with Crippen molar-refractivity contribution in [3.05, 3.63) is 23.2 Å². The number of carbonyl (C=O) groups is 2. The smallest absolute Gasteiger partial charge is 0.243 e. The van der Waals surface area contributed by atoms with Gasteiger partial charge < -0.3 is 21.1 Å². The molecule has 0 bridgehead atoms. The van der Waals surface area contributed by atoms with Crippen molar-refractivity contribution in [1.82, 2.24) is 5.32 Å². The second kappa shape index (κ2) is 10.3. The number of hydrogen-bond donors (Lipinski definition) is 3. The summed E-state index contributed by atoms with van der Waals surface area (Å²) in [6.45, 7) is 2.29. The first-order valence-electron chi connectivity index (χ1n) is 6.25. The zero-order chi connectivity index (χ0) is 15.0. The Morgan fingerprint density at radius 3 is 2.62 bits per heavy atom. The third-order valence-corrected chi connectivity index (χ3v) is 2.60. The van der Waals surface area contributed by atoms with Gasteiger partial charge in [-0.1, -0.05) is 18.5 Å². The fourth-order valence-corrected chi connectivity index (χ4v) is 1.60. The molecule has 0 heterocycles.